The lowest BCUT2D eigenvalue weighted by atomic mass is 9.93. The van der Waals surface area contributed by atoms with Crippen molar-refractivity contribution in [1.82, 2.24) is 14.9 Å². The van der Waals surface area contributed by atoms with Crippen LogP contribution in [0.4, 0.5) is 16.0 Å². The predicted molar refractivity (Wildman–Crippen MR) is 121 cm³/mol. The molecule has 172 valence electrons. The molecule has 3 heterocycles. The van der Waals surface area contributed by atoms with Crippen LogP contribution >= 0.6 is 11.6 Å². The van der Waals surface area contributed by atoms with Crippen molar-refractivity contribution in [2.75, 3.05) is 42.9 Å². The maximum Gasteiger partial charge on any atom is 0.231 e. The van der Waals surface area contributed by atoms with Gasteiger partial charge in [0.2, 0.25) is 11.7 Å². The third-order valence-electron chi connectivity index (χ3n) is 6.27. The molecule has 0 radical (unpaired) electrons. The highest BCUT2D eigenvalue weighted by atomic mass is 35.5. The number of hydrogen-bond donors (Lipinski definition) is 3. The average molecular weight is 463 g/mol. The number of nitrogens with two attached hydrogens (primary N) is 1. The van der Waals surface area contributed by atoms with Crippen LogP contribution in [-0.2, 0) is 4.79 Å². The van der Waals surface area contributed by atoms with E-state index in [9.17, 15) is 9.90 Å². The van der Waals surface area contributed by atoms with Crippen LogP contribution < -0.4 is 16.0 Å². The van der Waals surface area contributed by atoms with Crippen LogP contribution in [-0.4, -0.2) is 64.7 Å². The van der Waals surface area contributed by atoms with Crippen LogP contribution in [0.5, 0.6) is 0 Å². The van der Waals surface area contributed by atoms with E-state index in [-0.39, 0.29) is 30.1 Å². The van der Waals surface area contributed by atoms with Gasteiger partial charge >= 0.3 is 0 Å². The lowest BCUT2D eigenvalue weighted by Gasteiger charge is -2.35. The van der Waals surface area contributed by atoms with Gasteiger partial charge in [0.1, 0.15) is 6.33 Å². The number of benzene rings is 1. The van der Waals surface area contributed by atoms with Crippen molar-refractivity contribution in [1.29, 1.82) is 0 Å². The Bertz CT molecular complexity index is 947. The summed E-state index contributed by atoms with van der Waals surface area (Å²) in [6, 6.07) is 7.65. The van der Waals surface area contributed by atoms with Crippen LogP contribution in [0.15, 0.2) is 30.6 Å². The summed E-state index contributed by atoms with van der Waals surface area (Å²) in [6.07, 6.45) is 3.25. The number of aliphatic hydroxyl groups is 1. The Hall–Kier alpha value is -2.49. The summed E-state index contributed by atoms with van der Waals surface area (Å²) >= 11 is 6.01. The van der Waals surface area contributed by atoms with E-state index < -0.39 is 17.8 Å². The number of β-amino-alcohol motifs (C(OH)–C–C–N with tert-alkyl or cyclic N) is 1. The molecule has 1 unspecified atom stereocenters. The first kappa shape index (κ1) is 22.7. The molecule has 0 aliphatic carbocycles. The predicted octanol–water partition coefficient (Wildman–Crippen LogP) is 2.19. The molecular weight excluding hydrogens is 435 g/mol. The minimum atomic E-state index is -0.632. The number of nitrogens with one attached hydrogen (secondary N) is 1. The van der Waals surface area contributed by atoms with Crippen molar-refractivity contribution >= 4 is 29.1 Å². The molecule has 2 aliphatic heterocycles. The second kappa shape index (κ2) is 9.97. The number of carbonyl (C=O) groups excluding carboxylic acids is 1. The van der Waals surface area contributed by atoms with E-state index >= 15 is 4.39 Å². The minimum Gasteiger partial charge on any atom is -0.391 e. The maximum atomic E-state index is 15.4. The third kappa shape index (κ3) is 5.11. The Kier molecular flexibility index (Phi) is 7.07. The maximum absolute atomic E-state index is 15.4. The summed E-state index contributed by atoms with van der Waals surface area (Å²) in [6.45, 7) is 2.23. The Morgan fingerprint density at radius 1 is 1.25 bits per heavy atom. The molecule has 4 N–H and O–H groups in total. The van der Waals surface area contributed by atoms with Crippen molar-refractivity contribution in [2.45, 2.75) is 31.4 Å². The summed E-state index contributed by atoms with van der Waals surface area (Å²) in [5.74, 6) is -0.581. The number of hydrogen-bond acceptors (Lipinski definition) is 7. The molecule has 2 aromatic rings. The van der Waals surface area contributed by atoms with Gasteiger partial charge in [0, 0.05) is 30.6 Å². The number of anilines is 2. The van der Waals surface area contributed by atoms with Crippen LogP contribution in [0.3, 0.4) is 0 Å². The zero-order valence-corrected chi connectivity index (χ0v) is 18.5. The summed E-state index contributed by atoms with van der Waals surface area (Å²) < 4.78 is 15.4. The first-order valence-corrected chi connectivity index (χ1v) is 11.3. The van der Waals surface area contributed by atoms with Gasteiger partial charge < -0.3 is 21.1 Å². The molecule has 8 nitrogen and oxygen atoms in total. The van der Waals surface area contributed by atoms with Gasteiger partial charge in [-0.2, -0.15) is 4.39 Å². The molecule has 0 bridgehead atoms. The van der Waals surface area contributed by atoms with E-state index in [0.717, 1.165) is 18.4 Å². The molecule has 1 aromatic carbocycles. The summed E-state index contributed by atoms with van der Waals surface area (Å²) in [4.78, 5) is 23.2. The zero-order valence-electron chi connectivity index (χ0n) is 17.8. The lowest BCUT2D eigenvalue weighted by Crippen LogP contribution is -2.48. The van der Waals surface area contributed by atoms with Crippen LogP contribution in [0, 0.1) is 11.7 Å². The van der Waals surface area contributed by atoms with E-state index in [0.29, 0.717) is 37.6 Å². The van der Waals surface area contributed by atoms with Crippen molar-refractivity contribution < 1.29 is 14.3 Å². The molecule has 32 heavy (non-hydrogen) atoms. The Morgan fingerprint density at radius 2 is 2.03 bits per heavy atom. The van der Waals surface area contributed by atoms with Crippen LogP contribution in [0.2, 0.25) is 5.02 Å². The molecule has 1 aromatic heterocycles. The van der Waals surface area contributed by atoms with E-state index in [2.05, 4.69) is 15.3 Å². The van der Waals surface area contributed by atoms with E-state index in [1.165, 1.54) is 6.33 Å². The topological polar surface area (TPSA) is 108 Å². The second-order valence-electron chi connectivity index (χ2n) is 8.46. The fourth-order valence-corrected chi connectivity index (χ4v) is 4.74. The summed E-state index contributed by atoms with van der Waals surface area (Å²) in [5, 5.41) is 14.2. The van der Waals surface area contributed by atoms with Crippen LogP contribution in [0.1, 0.15) is 30.9 Å². The zero-order chi connectivity index (χ0) is 22.7. The largest absolute Gasteiger partial charge is 0.391 e. The van der Waals surface area contributed by atoms with Gasteiger partial charge in [0.25, 0.3) is 0 Å². The van der Waals surface area contributed by atoms with Crippen molar-refractivity contribution in [3.63, 3.8) is 0 Å². The molecule has 0 spiro atoms. The Labute approximate surface area is 191 Å². The highest BCUT2D eigenvalue weighted by Gasteiger charge is 2.31. The number of halogens is 2. The first-order valence-electron chi connectivity index (χ1n) is 10.9. The first-order chi connectivity index (χ1) is 15.4. The molecule has 2 fully saturated rings. The molecule has 10 heteroatoms. The number of rotatable bonds is 7. The van der Waals surface area contributed by atoms with Gasteiger partial charge in [-0.25, -0.2) is 9.97 Å². The molecular formula is C22H28ClFN6O2. The molecule has 2 saturated heterocycles. The minimum absolute atomic E-state index is 0.0286. The van der Waals surface area contributed by atoms with Gasteiger partial charge in [-0.3, -0.25) is 9.69 Å². The highest BCUT2D eigenvalue weighted by molar-refractivity contribution is 6.30. The van der Waals surface area contributed by atoms with E-state index in [1.54, 1.807) is 0 Å². The van der Waals surface area contributed by atoms with Gasteiger partial charge in [0.05, 0.1) is 18.7 Å². The van der Waals surface area contributed by atoms with Gasteiger partial charge in [-0.05, 0) is 43.5 Å². The van der Waals surface area contributed by atoms with Gasteiger partial charge in [0.15, 0.2) is 11.6 Å². The number of primary amides is 1. The standard InChI is InChI=1S/C22H28ClFN6O2/c23-16-5-3-14(4-6-16)17-2-1-8-30(17)22-20(24)21(27-13-28-22)26-10-15-7-9-29(11-18(15)31)12-19(25)32/h3-6,13,15,17-18,31H,1-2,7-12H2,(H2,25,32)(H,26,27,28)/t15-,17?,18+/m1/s1. The summed E-state index contributed by atoms with van der Waals surface area (Å²) in [5.41, 5.74) is 6.31. The van der Waals surface area contributed by atoms with Crippen molar-refractivity contribution in [2.24, 2.45) is 11.7 Å². The number of amides is 1. The fourth-order valence-electron chi connectivity index (χ4n) is 4.61. The van der Waals surface area contributed by atoms with Gasteiger partial charge in [-0.1, -0.05) is 23.7 Å². The van der Waals surface area contributed by atoms with E-state index in [1.807, 2.05) is 34.1 Å². The summed E-state index contributed by atoms with van der Waals surface area (Å²) in [7, 11) is 0. The smallest absolute Gasteiger partial charge is 0.231 e. The monoisotopic (exact) mass is 462 g/mol. The normalized spacial score (nSPS) is 24.0. The second-order valence-corrected chi connectivity index (χ2v) is 8.90. The average Bonchev–Trinajstić information content (AvgIpc) is 3.24. The fraction of sp³-hybridized carbons (Fsp3) is 0.500. The SMILES string of the molecule is NC(=O)CN1CC[C@H](CNc2ncnc(N3CCCC3c3ccc(Cl)cc3)c2F)[C@@H](O)C1. The number of piperidine rings is 1. The Balaban J connectivity index is 1.43. The quantitative estimate of drug-likeness (QED) is 0.578. The highest BCUT2D eigenvalue weighted by Crippen LogP contribution is 2.37. The lowest BCUT2D eigenvalue weighted by molar-refractivity contribution is -0.120. The molecule has 4 rings (SSSR count). The van der Waals surface area contributed by atoms with Crippen LogP contribution in [0.25, 0.3) is 0 Å². The number of likely N-dealkylation sites (tertiary alicyclic amines) is 1. The molecule has 1 amide bonds. The molecule has 0 saturated carbocycles. The number of aliphatic hydroxyl groups excluding tert-OH is 1. The number of aromatic nitrogens is 2. The van der Waals surface area contributed by atoms with Crippen molar-refractivity contribution in [3.05, 3.63) is 47.0 Å². The third-order valence-corrected chi connectivity index (χ3v) is 6.52. The van der Waals surface area contributed by atoms with Crippen molar-refractivity contribution in [3.8, 4) is 0 Å². The van der Waals surface area contributed by atoms with Gasteiger partial charge in [-0.15, -0.1) is 0 Å². The molecule has 2 aliphatic rings. The number of nitrogens with zero attached hydrogens (tertiary/aromatic N) is 4. The van der Waals surface area contributed by atoms with E-state index in [4.69, 9.17) is 17.3 Å². The Morgan fingerprint density at radius 3 is 2.75 bits per heavy atom. The number of carbonyl (C=O) groups is 1. The molecule has 3 atom stereocenters.